The molecule has 0 radical (unpaired) electrons. The highest BCUT2D eigenvalue weighted by molar-refractivity contribution is 5.61. The largest absolute Gasteiger partial charge is 0.399 e. The predicted octanol–water partition coefficient (Wildman–Crippen LogP) is 2.59. The molecule has 21 heavy (non-hydrogen) atoms. The van der Waals surface area contributed by atoms with Gasteiger partial charge in [-0.1, -0.05) is 24.3 Å². The monoisotopic (exact) mass is 279 g/mol. The van der Waals surface area contributed by atoms with E-state index in [9.17, 15) is 0 Å². The summed E-state index contributed by atoms with van der Waals surface area (Å²) in [6.07, 6.45) is 0. The number of nitrogens with zero attached hydrogens (tertiary/aromatic N) is 4. The van der Waals surface area contributed by atoms with Crippen LogP contribution in [0.3, 0.4) is 0 Å². The van der Waals surface area contributed by atoms with Crippen molar-refractivity contribution in [2.24, 2.45) is 0 Å². The minimum atomic E-state index is 0.651. The summed E-state index contributed by atoms with van der Waals surface area (Å²) in [6.45, 7) is 4.72. The van der Waals surface area contributed by atoms with Gasteiger partial charge in [0.05, 0.1) is 6.54 Å². The van der Waals surface area contributed by atoms with Crippen LogP contribution in [-0.2, 0) is 6.54 Å². The molecule has 106 valence electrons. The molecule has 0 aliphatic rings. The van der Waals surface area contributed by atoms with E-state index in [4.69, 9.17) is 5.73 Å². The number of benzene rings is 2. The van der Waals surface area contributed by atoms with Crippen LogP contribution in [0.15, 0.2) is 42.5 Å². The van der Waals surface area contributed by atoms with E-state index in [2.05, 4.69) is 34.6 Å². The standard InChI is InChI=1S/C16H17N5/c1-11-5-3-4-6-14(11)10-21-16(18-19-20-21)13-7-8-15(17)12(2)9-13/h3-9H,10,17H2,1-2H3. The number of rotatable bonds is 3. The van der Waals surface area contributed by atoms with Crippen LogP contribution >= 0.6 is 0 Å². The van der Waals surface area contributed by atoms with Gasteiger partial charge in [-0.25, -0.2) is 4.68 Å². The number of tetrazole rings is 1. The molecule has 0 spiro atoms. The molecule has 5 heteroatoms. The van der Waals surface area contributed by atoms with E-state index < -0.39 is 0 Å². The average molecular weight is 279 g/mol. The second kappa shape index (κ2) is 5.36. The molecule has 5 nitrogen and oxygen atoms in total. The number of hydrogen-bond donors (Lipinski definition) is 1. The third-order valence-corrected chi connectivity index (χ3v) is 3.64. The van der Waals surface area contributed by atoms with Crippen LogP contribution in [0.4, 0.5) is 5.69 Å². The third-order valence-electron chi connectivity index (χ3n) is 3.64. The minimum absolute atomic E-state index is 0.651. The molecule has 0 saturated heterocycles. The fourth-order valence-electron chi connectivity index (χ4n) is 2.28. The Balaban J connectivity index is 1.97. The zero-order valence-corrected chi connectivity index (χ0v) is 12.1. The van der Waals surface area contributed by atoms with Crippen molar-refractivity contribution in [1.29, 1.82) is 0 Å². The quantitative estimate of drug-likeness (QED) is 0.748. The first-order valence-electron chi connectivity index (χ1n) is 6.82. The van der Waals surface area contributed by atoms with Gasteiger partial charge in [0.15, 0.2) is 5.82 Å². The summed E-state index contributed by atoms with van der Waals surface area (Å²) in [5, 5.41) is 12.1. The molecule has 1 heterocycles. The van der Waals surface area contributed by atoms with Crippen molar-refractivity contribution in [3.8, 4) is 11.4 Å². The van der Waals surface area contributed by atoms with E-state index >= 15 is 0 Å². The molecule has 3 aromatic rings. The number of aromatic nitrogens is 4. The molecule has 0 bridgehead atoms. The summed E-state index contributed by atoms with van der Waals surface area (Å²) in [6, 6.07) is 14.1. The Kier molecular flexibility index (Phi) is 3.39. The number of nitrogens with two attached hydrogens (primary N) is 1. The minimum Gasteiger partial charge on any atom is -0.399 e. The van der Waals surface area contributed by atoms with Crippen LogP contribution < -0.4 is 5.73 Å². The number of anilines is 1. The molecule has 1 aromatic heterocycles. The van der Waals surface area contributed by atoms with Crippen LogP contribution in [0.5, 0.6) is 0 Å². The molecule has 2 N–H and O–H groups in total. The van der Waals surface area contributed by atoms with Crippen LogP contribution in [0, 0.1) is 13.8 Å². The van der Waals surface area contributed by atoms with E-state index in [0.717, 1.165) is 22.6 Å². The Morgan fingerprint density at radius 1 is 1.05 bits per heavy atom. The van der Waals surface area contributed by atoms with E-state index in [1.54, 1.807) is 0 Å². The van der Waals surface area contributed by atoms with Crippen molar-refractivity contribution in [3.63, 3.8) is 0 Å². The number of nitrogen functional groups attached to an aromatic ring is 1. The summed E-state index contributed by atoms with van der Waals surface area (Å²) >= 11 is 0. The van der Waals surface area contributed by atoms with Crippen molar-refractivity contribution in [2.45, 2.75) is 20.4 Å². The first-order valence-corrected chi connectivity index (χ1v) is 6.82. The topological polar surface area (TPSA) is 69.6 Å². The average Bonchev–Trinajstić information content (AvgIpc) is 2.93. The molecule has 0 amide bonds. The molecule has 0 atom stereocenters. The molecular formula is C16H17N5. The van der Waals surface area contributed by atoms with E-state index in [1.807, 2.05) is 41.9 Å². The lowest BCUT2D eigenvalue weighted by Crippen LogP contribution is -2.06. The highest BCUT2D eigenvalue weighted by Crippen LogP contribution is 2.22. The Hall–Kier alpha value is -2.69. The smallest absolute Gasteiger partial charge is 0.182 e. The highest BCUT2D eigenvalue weighted by Gasteiger charge is 2.11. The molecule has 0 aliphatic heterocycles. The maximum Gasteiger partial charge on any atom is 0.182 e. The number of hydrogen-bond acceptors (Lipinski definition) is 4. The summed E-state index contributed by atoms with van der Waals surface area (Å²) in [5.74, 6) is 0.751. The second-order valence-electron chi connectivity index (χ2n) is 5.16. The maximum absolute atomic E-state index is 5.87. The Labute approximate surface area is 123 Å². The SMILES string of the molecule is Cc1cc(-c2nnnn2Cc2ccccc2C)ccc1N. The van der Waals surface area contributed by atoms with Gasteiger partial charge in [0.25, 0.3) is 0 Å². The van der Waals surface area contributed by atoms with Crippen molar-refractivity contribution in [3.05, 3.63) is 59.2 Å². The van der Waals surface area contributed by atoms with Crippen molar-refractivity contribution >= 4 is 5.69 Å². The van der Waals surface area contributed by atoms with Crippen LogP contribution in [0.25, 0.3) is 11.4 Å². The number of aryl methyl sites for hydroxylation is 2. The van der Waals surface area contributed by atoms with Gasteiger partial charge in [0.1, 0.15) is 0 Å². The normalized spacial score (nSPS) is 10.8. The first-order chi connectivity index (χ1) is 10.1. The molecule has 0 saturated carbocycles. The van der Waals surface area contributed by atoms with Gasteiger partial charge in [-0.3, -0.25) is 0 Å². The molecular weight excluding hydrogens is 262 g/mol. The van der Waals surface area contributed by atoms with Gasteiger partial charge in [0.2, 0.25) is 0 Å². The lowest BCUT2D eigenvalue weighted by atomic mass is 10.1. The van der Waals surface area contributed by atoms with Crippen LogP contribution in [0.2, 0.25) is 0 Å². The van der Waals surface area contributed by atoms with Gasteiger partial charge < -0.3 is 5.73 Å². The Bertz CT molecular complexity index is 776. The summed E-state index contributed by atoms with van der Waals surface area (Å²) in [4.78, 5) is 0. The Morgan fingerprint density at radius 2 is 1.86 bits per heavy atom. The lowest BCUT2D eigenvalue weighted by Gasteiger charge is -2.08. The van der Waals surface area contributed by atoms with Gasteiger partial charge >= 0.3 is 0 Å². The maximum atomic E-state index is 5.87. The van der Waals surface area contributed by atoms with Gasteiger partial charge in [-0.15, -0.1) is 5.10 Å². The summed E-state index contributed by atoms with van der Waals surface area (Å²) < 4.78 is 1.81. The zero-order valence-electron chi connectivity index (χ0n) is 12.1. The van der Waals surface area contributed by atoms with Gasteiger partial charge in [0, 0.05) is 11.3 Å². The first kappa shape index (κ1) is 13.3. The van der Waals surface area contributed by atoms with Crippen molar-refractivity contribution < 1.29 is 0 Å². The van der Waals surface area contributed by atoms with Crippen LogP contribution in [0.1, 0.15) is 16.7 Å². The predicted molar refractivity (Wildman–Crippen MR) is 82.7 cm³/mol. The van der Waals surface area contributed by atoms with E-state index in [1.165, 1.54) is 11.1 Å². The third kappa shape index (κ3) is 2.63. The van der Waals surface area contributed by atoms with Crippen LogP contribution in [-0.4, -0.2) is 20.2 Å². The van der Waals surface area contributed by atoms with E-state index in [-0.39, 0.29) is 0 Å². The second-order valence-corrected chi connectivity index (χ2v) is 5.16. The highest BCUT2D eigenvalue weighted by atomic mass is 15.5. The molecule has 0 unspecified atom stereocenters. The molecule has 0 aliphatic carbocycles. The van der Waals surface area contributed by atoms with Gasteiger partial charge in [-0.2, -0.15) is 0 Å². The van der Waals surface area contributed by atoms with E-state index in [0.29, 0.717) is 6.54 Å². The fraction of sp³-hybridized carbons (Fsp3) is 0.188. The summed E-state index contributed by atoms with van der Waals surface area (Å²) in [7, 11) is 0. The zero-order chi connectivity index (χ0) is 14.8. The molecule has 3 rings (SSSR count). The molecule has 2 aromatic carbocycles. The van der Waals surface area contributed by atoms with Crippen molar-refractivity contribution in [2.75, 3.05) is 5.73 Å². The lowest BCUT2D eigenvalue weighted by molar-refractivity contribution is 0.651. The molecule has 0 fully saturated rings. The van der Waals surface area contributed by atoms with Gasteiger partial charge in [-0.05, 0) is 59.2 Å². The fourth-order valence-corrected chi connectivity index (χ4v) is 2.28. The Morgan fingerprint density at radius 3 is 2.62 bits per heavy atom. The summed E-state index contributed by atoms with van der Waals surface area (Å²) in [5.41, 5.74) is 11.1. The van der Waals surface area contributed by atoms with Crippen molar-refractivity contribution in [1.82, 2.24) is 20.2 Å².